The fourth-order valence-corrected chi connectivity index (χ4v) is 3.22. The Balaban J connectivity index is 1.91. The molecule has 0 saturated heterocycles. The molecule has 2 heterocycles. The second-order valence-electron chi connectivity index (χ2n) is 5.44. The molecule has 0 aliphatic heterocycles. The number of nitrogens with one attached hydrogen (secondary N) is 1. The van der Waals surface area contributed by atoms with Crippen LogP contribution < -0.4 is 4.74 Å². The number of ether oxygens (including phenoxy) is 1. The Hall–Kier alpha value is -2.36. The van der Waals surface area contributed by atoms with Crippen molar-refractivity contribution < 1.29 is 4.74 Å². The highest BCUT2D eigenvalue weighted by Crippen LogP contribution is 2.36. The Kier molecular flexibility index (Phi) is 2.88. The molecule has 4 rings (SSSR count). The summed E-state index contributed by atoms with van der Waals surface area (Å²) in [5, 5.41) is 0. The van der Waals surface area contributed by atoms with Crippen LogP contribution in [0.4, 0.5) is 0 Å². The second-order valence-corrected chi connectivity index (χ2v) is 5.44. The van der Waals surface area contributed by atoms with E-state index in [-0.39, 0.29) is 0 Å². The maximum absolute atomic E-state index is 5.52. The monoisotopic (exact) mass is 279 g/mol. The van der Waals surface area contributed by atoms with Crippen LogP contribution >= 0.6 is 0 Å². The molecule has 1 N–H and O–H groups in total. The Morgan fingerprint density at radius 2 is 1.95 bits per heavy atom. The molecule has 0 bridgehead atoms. The van der Waals surface area contributed by atoms with Crippen LogP contribution in [-0.4, -0.2) is 22.1 Å². The molecule has 0 amide bonds. The third-order valence-electron chi connectivity index (χ3n) is 4.22. The van der Waals surface area contributed by atoms with E-state index in [4.69, 9.17) is 4.74 Å². The summed E-state index contributed by atoms with van der Waals surface area (Å²) in [6.07, 6.45) is 6.41. The zero-order chi connectivity index (χ0) is 14.2. The van der Waals surface area contributed by atoms with Crippen LogP contribution in [0, 0.1) is 0 Å². The van der Waals surface area contributed by atoms with Crippen LogP contribution in [0.2, 0.25) is 0 Å². The van der Waals surface area contributed by atoms with Gasteiger partial charge in [0.05, 0.1) is 12.6 Å². The minimum Gasteiger partial charge on any atom is -0.496 e. The normalized spacial score (nSPS) is 14.1. The van der Waals surface area contributed by atoms with Gasteiger partial charge in [-0.15, -0.1) is 0 Å². The molecule has 0 radical (unpaired) electrons. The zero-order valence-electron chi connectivity index (χ0n) is 12.0. The van der Waals surface area contributed by atoms with Crippen LogP contribution in [0.25, 0.3) is 22.6 Å². The predicted octanol–water partition coefficient (Wildman–Crippen LogP) is 3.51. The third kappa shape index (κ3) is 1.98. The fraction of sp³-hybridized carbons (Fsp3) is 0.294. The molecule has 2 aromatic heterocycles. The summed E-state index contributed by atoms with van der Waals surface area (Å²) in [5.74, 6) is 1.91. The van der Waals surface area contributed by atoms with Crippen molar-refractivity contribution in [2.75, 3.05) is 7.11 Å². The molecule has 0 atom stereocenters. The number of methoxy groups -OCH3 is 1. The van der Waals surface area contributed by atoms with E-state index >= 15 is 0 Å². The maximum Gasteiger partial charge on any atom is 0.178 e. The van der Waals surface area contributed by atoms with Crippen LogP contribution in [-0.2, 0) is 12.8 Å². The van der Waals surface area contributed by atoms with Gasteiger partial charge in [0.25, 0.3) is 0 Å². The van der Waals surface area contributed by atoms with Crippen LogP contribution in [0.5, 0.6) is 5.75 Å². The van der Waals surface area contributed by atoms with Gasteiger partial charge in [0.15, 0.2) is 5.65 Å². The van der Waals surface area contributed by atoms with Crippen molar-refractivity contribution in [2.24, 2.45) is 0 Å². The number of imidazole rings is 1. The molecular weight excluding hydrogens is 262 g/mol. The Morgan fingerprint density at radius 1 is 1.10 bits per heavy atom. The van der Waals surface area contributed by atoms with Gasteiger partial charge in [-0.3, -0.25) is 0 Å². The van der Waals surface area contributed by atoms with E-state index in [0.29, 0.717) is 0 Å². The number of fused-ring (bicyclic) bond motifs is 2. The number of pyridine rings is 1. The largest absolute Gasteiger partial charge is 0.496 e. The van der Waals surface area contributed by atoms with Gasteiger partial charge < -0.3 is 9.72 Å². The van der Waals surface area contributed by atoms with Crippen LogP contribution in [0.1, 0.15) is 24.0 Å². The molecule has 0 spiro atoms. The van der Waals surface area contributed by atoms with E-state index in [1.54, 1.807) is 13.3 Å². The molecular formula is C17H17N3O. The van der Waals surface area contributed by atoms with Gasteiger partial charge in [0, 0.05) is 11.8 Å². The molecule has 1 aliphatic rings. The highest BCUT2D eigenvalue weighted by atomic mass is 16.5. The van der Waals surface area contributed by atoms with E-state index in [9.17, 15) is 0 Å². The first-order valence-electron chi connectivity index (χ1n) is 7.36. The SMILES string of the molecule is COc1ccc(-c2nc3ncccc3[nH]2)c2c1CCCC2. The van der Waals surface area contributed by atoms with Gasteiger partial charge in [-0.05, 0) is 61.1 Å². The lowest BCUT2D eigenvalue weighted by atomic mass is 9.87. The zero-order valence-corrected chi connectivity index (χ0v) is 12.0. The summed E-state index contributed by atoms with van der Waals surface area (Å²) in [7, 11) is 1.75. The van der Waals surface area contributed by atoms with Crippen molar-refractivity contribution in [2.45, 2.75) is 25.7 Å². The Bertz CT molecular complexity index is 774. The maximum atomic E-state index is 5.52. The summed E-state index contributed by atoms with van der Waals surface area (Å²) in [6, 6.07) is 8.10. The van der Waals surface area contributed by atoms with Crippen molar-refractivity contribution >= 4 is 11.2 Å². The van der Waals surface area contributed by atoms with E-state index in [2.05, 4.69) is 27.1 Å². The third-order valence-corrected chi connectivity index (χ3v) is 4.22. The lowest BCUT2D eigenvalue weighted by Crippen LogP contribution is -2.07. The van der Waals surface area contributed by atoms with E-state index in [1.165, 1.54) is 29.5 Å². The molecule has 4 nitrogen and oxygen atoms in total. The van der Waals surface area contributed by atoms with Crippen molar-refractivity contribution in [1.82, 2.24) is 15.0 Å². The highest BCUT2D eigenvalue weighted by molar-refractivity contribution is 5.77. The first kappa shape index (κ1) is 12.4. The molecule has 1 aromatic carbocycles. The minimum atomic E-state index is 0.771. The van der Waals surface area contributed by atoms with E-state index in [0.717, 1.165) is 35.6 Å². The van der Waals surface area contributed by atoms with Crippen molar-refractivity contribution in [1.29, 1.82) is 0 Å². The number of aromatic amines is 1. The number of hydrogen-bond donors (Lipinski definition) is 1. The average Bonchev–Trinajstić information content (AvgIpc) is 2.97. The van der Waals surface area contributed by atoms with Gasteiger partial charge in [-0.1, -0.05) is 0 Å². The molecule has 0 fully saturated rings. The number of H-pyrrole nitrogens is 1. The molecule has 4 heteroatoms. The quantitative estimate of drug-likeness (QED) is 0.781. The summed E-state index contributed by atoms with van der Waals surface area (Å²) in [4.78, 5) is 12.3. The molecule has 3 aromatic rings. The lowest BCUT2D eigenvalue weighted by Gasteiger charge is -2.21. The number of nitrogens with zero attached hydrogens (tertiary/aromatic N) is 2. The number of rotatable bonds is 2. The predicted molar refractivity (Wildman–Crippen MR) is 82.5 cm³/mol. The number of hydrogen-bond acceptors (Lipinski definition) is 3. The smallest absolute Gasteiger partial charge is 0.178 e. The first-order chi connectivity index (χ1) is 10.4. The topological polar surface area (TPSA) is 50.8 Å². The molecule has 106 valence electrons. The Morgan fingerprint density at radius 3 is 2.76 bits per heavy atom. The summed E-state index contributed by atoms with van der Waals surface area (Å²) >= 11 is 0. The first-order valence-corrected chi connectivity index (χ1v) is 7.36. The van der Waals surface area contributed by atoms with Crippen LogP contribution in [0.3, 0.4) is 0 Å². The minimum absolute atomic E-state index is 0.771. The van der Waals surface area contributed by atoms with Gasteiger partial charge in [0.2, 0.25) is 0 Å². The fourth-order valence-electron chi connectivity index (χ4n) is 3.22. The summed E-state index contributed by atoms with van der Waals surface area (Å²) < 4.78 is 5.52. The van der Waals surface area contributed by atoms with Crippen molar-refractivity contribution in [3.8, 4) is 17.1 Å². The molecule has 1 aliphatic carbocycles. The second kappa shape index (κ2) is 4.88. The molecule has 21 heavy (non-hydrogen) atoms. The van der Waals surface area contributed by atoms with Gasteiger partial charge in [-0.25, -0.2) is 9.97 Å². The van der Waals surface area contributed by atoms with E-state index < -0.39 is 0 Å². The van der Waals surface area contributed by atoms with Crippen molar-refractivity contribution in [3.63, 3.8) is 0 Å². The summed E-state index contributed by atoms with van der Waals surface area (Å²) in [6.45, 7) is 0. The van der Waals surface area contributed by atoms with Crippen LogP contribution in [0.15, 0.2) is 30.5 Å². The lowest BCUT2D eigenvalue weighted by molar-refractivity contribution is 0.406. The number of benzene rings is 1. The van der Waals surface area contributed by atoms with Gasteiger partial charge >= 0.3 is 0 Å². The number of aromatic nitrogens is 3. The standard InChI is InChI=1S/C17H17N3O/c1-21-15-9-8-13(11-5-2-3-6-12(11)15)16-19-14-7-4-10-18-17(14)20-16/h4,7-10H,2-3,5-6H2,1H3,(H,18,19,20). The average molecular weight is 279 g/mol. The highest BCUT2D eigenvalue weighted by Gasteiger charge is 2.20. The van der Waals surface area contributed by atoms with Gasteiger partial charge in [-0.2, -0.15) is 0 Å². The van der Waals surface area contributed by atoms with E-state index in [1.807, 2.05) is 12.1 Å². The molecule has 0 unspecified atom stereocenters. The molecule has 0 saturated carbocycles. The van der Waals surface area contributed by atoms with Gasteiger partial charge in [0.1, 0.15) is 11.6 Å². The summed E-state index contributed by atoms with van der Waals surface area (Å²) in [5.41, 5.74) is 5.65. The van der Waals surface area contributed by atoms with Crippen molar-refractivity contribution in [3.05, 3.63) is 41.6 Å². The Labute approximate surface area is 123 Å².